The van der Waals surface area contributed by atoms with E-state index in [4.69, 9.17) is 10.2 Å². The van der Waals surface area contributed by atoms with Crippen molar-refractivity contribution in [1.82, 2.24) is 19.6 Å². The minimum absolute atomic E-state index is 1.03. The summed E-state index contributed by atoms with van der Waals surface area (Å²) >= 11 is 0. The molecular weight excluding hydrogens is 512 g/mol. The van der Waals surface area contributed by atoms with Crippen LogP contribution in [0.4, 0.5) is 0 Å². The normalized spacial score (nSPS) is 11.8. The highest BCUT2D eigenvalue weighted by molar-refractivity contribution is 6.28. The zero-order chi connectivity index (χ0) is 28.5. The number of benzene rings is 6. The van der Waals surface area contributed by atoms with Gasteiger partial charge in [0, 0.05) is 22.5 Å². The Kier molecular flexibility index (Phi) is 5.35. The molecule has 0 aliphatic carbocycles. The number of rotatable bonds is 4. The Balaban J connectivity index is 1.40. The molecule has 0 unspecified atom stereocenters. The molecule has 8 rings (SSSR count). The molecule has 8 aromatic rings. The molecule has 0 saturated carbocycles. The number of aryl methyl sites for hydroxylation is 2. The molecule has 0 atom stereocenters. The summed E-state index contributed by atoms with van der Waals surface area (Å²) < 4.78 is 4.14. The van der Waals surface area contributed by atoms with Crippen molar-refractivity contribution in [3.05, 3.63) is 132 Å². The fraction of sp³-hybridized carbons (Fsp3) is 0.105. The molecule has 2 heterocycles. The smallest absolute Gasteiger partial charge is 0.0679 e. The standard InChI is InChI=1S/C38H30N4/c1-23-35(25(3)41(39-23)29-13-7-5-8-14-29)32-21-19-28-22-34(31-17-11-12-27-18-20-33(32)38(28)37(27)31)36-24(2)40-42(26(36)4)30-15-9-6-10-16-30/h5-22H,1-4H3. The molecular formula is C38H30N4. The Bertz CT molecular complexity index is 2270. The van der Waals surface area contributed by atoms with Crippen molar-refractivity contribution in [2.75, 3.05) is 0 Å². The molecule has 2 aromatic heterocycles. The van der Waals surface area contributed by atoms with Crippen molar-refractivity contribution >= 4 is 32.3 Å². The summed E-state index contributed by atoms with van der Waals surface area (Å²) in [5, 5.41) is 17.6. The molecule has 0 amide bonds. The lowest BCUT2D eigenvalue weighted by Gasteiger charge is -2.17. The van der Waals surface area contributed by atoms with Crippen molar-refractivity contribution in [2.45, 2.75) is 27.7 Å². The molecule has 0 fully saturated rings. The summed E-state index contributed by atoms with van der Waals surface area (Å²) in [6.45, 7) is 8.60. The first-order chi connectivity index (χ1) is 20.5. The van der Waals surface area contributed by atoms with Crippen molar-refractivity contribution in [3.8, 4) is 33.6 Å². The quantitative estimate of drug-likeness (QED) is 0.208. The Hall–Kier alpha value is -5.22. The van der Waals surface area contributed by atoms with Gasteiger partial charge in [-0.1, -0.05) is 78.9 Å². The molecule has 42 heavy (non-hydrogen) atoms. The fourth-order valence-corrected chi connectivity index (χ4v) is 6.96. The van der Waals surface area contributed by atoms with Crippen LogP contribution in [0, 0.1) is 27.7 Å². The van der Waals surface area contributed by atoms with Crippen LogP contribution in [-0.2, 0) is 0 Å². The van der Waals surface area contributed by atoms with E-state index in [0.717, 1.165) is 34.2 Å². The third-order valence-corrected chi connectivity index (χ3v) is 8.77. The Morgan fingerprint density at radius 1 is 0.452 bits per heavy atom. The number of hydrogen-bond donors (Lipinski definition) is 0. The maximum Gasteiger partial charge on any atom is 0.0679 e. The Morgan fingerprint density at radius 2 is 0.976 bits per heavy atom. The summed E-state index contributed by atoms with van der Waals surface area (Å²) in [6.07, 6.45) is 0. The van der Waals surface area contributed by atoms with Crippen LogP contribution < -0.4 is 0 Å². The van der Waals surface area contributed by atoms with Gasteiger partial charge in [0.1, 0.15) is 0 Å². The Morgan fingerprint density at radius 3 is 1.60 bits per heavy atom. The number of nitrogens with zero attached hydrogens (tertiary/aromatic N) is 4. The van der Waals surface area contributed by atoms with Gasteiger partial charge in [-0.15, -0.1) is 0 Å². The minimum atomic E-state index is 1.03. The molecule has 0 radical (unpaired) electrons. The van der Waals surface area contributed by atoms with Gasteiger partial charge in [-0.05, 0) is 101 Å². The first-order valence-corrected chi connectivity index (χ1v) is 14.5. The van der Waals surface area contributed by atoms with Crippen molar-refractivity contribution in [3.63, 3.8) is 0 Å². The first-order valence-electron chi connectivity index (χ1n) is 14.5. The average molecular weight is 543 g/mol. The van der Waals surface area contributed by atoms with Crippen molar-refractivity contribution < 1.29 is 0 Å². The molecule has 0 aliphatic rings. The lowest BCUT2D eigenvalue weighted by atomic mass is 9.86. The molecule has 0 spiro atoms. The van der Waals surface area contributed by atoms with Gasteiger partial charge in [0.25, 0.3) is 0 Å². The van der Waals surface area contributed by atoms with Crippen LogP contribution in [0.1, 0.15) is 22.8 Å². The largest absolute Gasteiger partial charge is 0.237 e. The molecule has 0 saturated heterocycles. The number of hydrogen-bond acceptors (Lipinski definition) is 2. The zero-order valence-electron chi connectivity index (χ0n) is 24.2. The predicted molar refractivity (Wildman–Crippen MR) is 174 cm³/mol. The first kappa shape index (κ1) is 24.6. The third-order valence-electron chi connectivity index (χ3n) is 8.77. The second-order valence-corrected chi connectivity index (χ2v) is 11.2. The van der Waals surface area contributed by atoms with E-state index in [1.54, 1.807) is 0 Å². The molecule has 0 aliphatic heterocycles. The zero-order valence-corrected chi connectivity index (χ0v) is 24.2. The third kappa shape index (κ3) is 3.48. The fourth-order valence-electron chi connectivity index (χ4n) is 6.96. The molecule has 4 heteroatoms. The van der Waals surface area contributed by atoms with Crippen molar-refractivity contribution in [1.29, 1.82) is 0 Å². The predicted octanol–water partition coefficient (Wildman–Crippen LogP) is 9.52. The van der Waals surface area contributed by atoms with Crippen LogP contribution >= 0.6 is 0 Å². The van der Waals surface area contributed by atoms with E-state index < -0.39 is 0 Å². The molecule has 0 N–H and O–H groups in total. The van der Waals surface area contributed by atoms with Crippen LogP contribution in [0.5, 0.6) is 0 Å². The van der Waals surface area contributed by atoms with E-state index in [1.165, 1.54) is 54.6 Å². The highest BCUT2D eigenvalue weighted by atomic mass is 15.3. The van der Waals surface area contributed by atoms with Gasteiger partial charge in [-0.2, -0.15) is 10.2 Å². The van der Waals surface area contributed by atoms with Crippen LogP contribution in [-0.4, -0.2) is 19.6 Å². The maximum atomic E-state index is 4.99. The lowest BCUT2D eigenvalue weighted by Crippen LogP contribution is -1.98. The minimum Gasteiger partial charge on any atom is -0.237 e. The van der Waals surface area contributed by atoms with E-state index in [-0.39, 0.29) is 0 Å². The summed E-state index contributed by atoms with van der Waals surface area (Å²) in [5.41, 5.74) is 11.4. The van der Waals surface area contributed by atoms with Gasteiger partial charge in [0.2, 0.25) is 0 Å². The number of aromatic nitrogens is 4. The molecule has 6 aromatic carbocycles. The lowest BCUT2D eigenvalue weighted by molar-refractivity contribution is 0.834. The summed E-state index contributed by atoms with van der Waals surface area (Å²) in [6, 6.07) is 39.0. The maximum absolute atomic E-state index is 4.99. The van der Waals surface area contributed by atoms with E-state index in [2.05, 4.69) is 134 Å². The summed E-state index contributed by atoms with van der Waals surface area (Å²) in [7, 11) is 0. The molecule has 202 valence electrons. The van der Waals surface area contributed by atoms with Gasteiger partial charge in [0.05, 0.1) is 22.8 Å². The average Bonchev–Trinajstić information content (AvgIpc) is 3.49. The van der Waals surface area contributed by atoms with E-state index in [0.29, 0.717) is 0 Å². The number of para-hydroxylation sites is 2. The SMILES string of the molecule is Cc1nn(-c2ccccc2)c(C)c1-c1cc2ccc(-c3c(C)nn(-c4ccccc4)c3C)c3ccc4cccc1c4c23. The van der Waals surface area contributed by atoms with Gasteiger partial charge in [0.15, 0.2) is 0 Å². The molecule has 4 nitrogen and oxygen atoms in total. The topological polar surface area (TPSA) is 35.6 Å². The van der Waals surface area contributed by atoms with Crippen LogP contribution in [0.15, 0.2) is 109 Å². The second kappa shape index (κ2) is 9.15. The van der Waals surface area contributed by atoms with Crippen molar-refractivity contribution in [2.24, 2.45) is 0 Å². The monoisotopic (exact) mass is 542 g/mol. The highest BCUT2D eigenvalue weighted by Crippen LogP contribution is 2.45. The van der Waals surface area contributed by atoms with E-state index >= 15 is 0 Å². The molecule has 0 bridgehead atoms. The second-order valence-electron chi connectivity index (χ2n) is 11.2. The van der Waals surface area contributed by atoms with E-state index in [1.807, 2.05) is 12.1 Å². The highest BCUT2D eigenvalue weighted by Gasteiger charge is 2.22. The van der Waals surface area contributed by atoms with Gasteiger partial charge < -0.3 is 0 Å². The van der Waals surface area contributed by atoms with Crippen LogP contribution in [0.25, 0.3) is 65.9 Å². The van der Waals surface area contributed by atoms with Crippen LogP contribution in [0.3, 0.4) is 0 Å². The van der Waals surface area contributed by atoms with E-state index in [9.17, 15) is 0 Å². The Labute approximate surface area is 244 Å². The summed E-state index contributed by atoms with van der Waals surface area (Å²) in [4.78, 5) is 0. The van der Waals surface area contributed by atoms with Gasteiger partial charge >= 0.3 is 0 Å². The summed E-state index contributed by atoms with van der Waals surface area (Å²) in [5.74, 6) is 0. The van der Waals surface area contributed by atoms with Gasteiger partial charge in [-0.3, -0.25) is 0 Å². The van der Waals surface area contributed by atoms with Crippen LogP contribution in [0.2, 0.25) is 0 Å². The van der Waals surface area contributed by atoms with Gasteiger partial charge in [-0.25, -0.2) is 9.36 Å².